The zero-order valence-corrected chi connectivity index (χ0v) is 15.7. The van der Waals surface area contributed by atoms with E-state index < -0.39 is 0 Å². The maximum absolute atomic E-state index is 14.8. The summed E-state index contributed by atoms with van der Waals surface area (Å²) in [5.74, 6) is -0.109. The van der Waals surface area contributed by atoms with Crippen LogP contribution in [0.5, 0.6) is 0 Å². The molecule has 0 radical (unpaired) electrons. The molecular weight excluding hydrogens is 369 g/mol. The maximum atomic E-state index is 14.8. The lowest BCUT2D eigenvalue weighted by molar-refractivity contribution is 0.594. The van der Waals surface area contributed by atoms with E-state index in [1.807, 2.05) is 19.1 Å². The molecule has 0 spiro atoms. The molecule has 7 heteroatoms. The van der Waals surface area contributed by atoms with Crippen LogP contribution in [0.2, 0.25) is 0 Å². The van der Waals surface area contributed by atoms with Crippen molar-refractivity contribution >= 4 is 22.3 Å². The molecule has 6 nitrogen and oxygen atoms in total. The fraction of sp³-hybridized carbons (Fsp3) is 0.182. The third kappa shape index (κ3) is 3.04. The van der Waals surface area contributed by atoms with Crippen LogP contribution in [0.15, 0.2) is 71.0 Å². The summed E-state index contributed by atoms with van der Waals surface area (Å²) in [6, 6.07) is 8.65. The first kappa shape index (κ1) is 17.5. The second kappa shape index (κ2) is 6.77. The van der Waals surface area contributed by atoms with Gasteiger partial charge in [0.15, 0.2) is 5.52 Å². The number of rotatable bonds is 3. The molecule has 2 aromatic heterocycles. The van der Waals surface area contributed by atoms with Crippen LogP contribution in [0.1, 0.15) is 18.1 Å². The number of aromatic nitrogens is 3. The number of hydrogen-bond donors (Lipinski definition) is 1. The van der Waals surface area contributed by atoms with Gasteiger partial charge in [-0.05, 0) is 36.3 Å². The Labute approximate surface area is 166 Å². The third-order valence-electron chi connectivity index (χ3n) is 5.41. The fourth-order valence-electron chi connectivity index (χ4n) is 3.78. The van der Waals surface area contributed by atoms with Crippen molar-refractivity contribution in [1.82, 2.24) is 20.0 Å². The first-order valence-corrected chi connectivity index (χ1v) is 9.39. The maximum Gasteiger partial charge on any atom is 0.280 e. The molecular formula is C22H18FN5O. The normalized spacial score (nSPS) is 20.2. The van der Waals surface area contributed by atoms with Gasteiger partial charge < -0.3 is 5.43 Å². The molecule has 144 valence electrons. The van der Waals surface area contributed by atoms with Crippen molar-refractivity contribution in [2.24, 2.45) is 11.0 Å². The van der Waals surface area contributed by atoms with Crippen LogP contribution >= 0.6 is 0 Å². The van der Waals surface area contributed by atoms with Gasteiger partial charge in [-0.25, -0.2) is 14.4 Å². The van der Waals surface area contributed by atoms with Crippen molar-refractivity contribution < 1.29 is 4.39 Å². The molecule has 0 fully saturated rings. The van der Waals surface area contributed by atoms with Crippen LogP contribution in [-0.4, -0.2) is 26.3 Å². The Hall–Kier alpha value is -3.61. The SMILES string of the molecule is CC1=NNC2C=C(c3ccc(Cn4cnc5cccnc5c4=O)c(F)c3)C=CC12. The molecule has 3 heterocycles. The second-order valence-electron chi connectivity index (χ2n) is 7.27. The summed E-state index contributed by atoms with van der Waals surface area (Å²) in [6.07, 6.45) is 9.15. The van der Waals surface area contributed by atoms with Gasteiger partial charge >= 0.3 is 0 Å². The first-order chi connectivity index (χ1) is 14.1. The molecule has 5 rings (SSSR count). The summed E-state index contributed by atoms with van der Waals surface area (Å²) in [6.45, 7) is 2.09. The van der Waals surface area contributed by atoms with Crippen molar-refractivity contribution in [2.45, 2.75) is 19.5 Å². The quantitative estimate of drug-likeness (QED) is 0.750. The molecule has 0 bridgehead atoms. The van der Waals surface area contributed by atoms with E-state index in [4.69, 9.17) is 0 Å². The van der Waals surface area contributed by atoms with Gasteiger partial charge in [-0.1, -0.05) is 30.4 Å². The highest BCUT2D eigenvalue weighted by Crippen LogP contribution is 2.28. The molecule has 1 N–H and O–H groups in total. The Morgan fingerprint density at radius 3 is 3.00 bits per heavy atom. The smallest absolute Gasteiger partial charge is 0.280 e. The Balaban J connectivity index is 1.43. The molecule has 29 heavy (non-hydrogen) atoms. The molecule has 0 amide bonds. The first-order valence-electron chi connectivity index (χ1n) is 9.39. The highest BCUT2D eigenvalue weighted by atomic mass is 19.1. The van der Waals surface area contributed by atoms with Crippen molar-refractivity contribution in [3.8, 4) is 0 Å². The Morgan fingerprint density at radius 1 is 1.24 bits per heavy atom. The predicted octanol–water partition coefficient (Wildman–Crippen LogP) is 2.90. The lowest BCUT2D eigenvalue weighted by Crippen LogP contribution is -2.27. The molecule has 2 atom stereocenters. The van der Waals surface area contributed by atoms with E-state index in [0.717, 1.165) is 16.8 Å². The zero-order chi connectivity index (χ0) is 20.0. The highest BCUT2D eigenvalue weighted by Gasteiger charge is 2.28. The van der Waals surface area contributed by atoms with E-state index in [2.05, 4.69) is 32.6 Å². The van der Waals surface area contributed by atoms with Crippen LogP contribution in [0.4, 0.5) is 4.39 Å². The summed E-state index contributed by atoms with van der Waals surface area (Å²) < 4.78 is 16.2. The van der Waals surface area contributed by atoms with Crippen molar-refractivity contribution in [2.75, 3.05) is 0 Å². The monoisotopic (exact) mass is 387 g/mol. The molecule has 3 aromatic rings. The molecule has 1 aromatic carbocycles. The molecule has 1 aliphatic carbocycles. The van der Waals surface area contributed by atoms with Crippen LogP contribution in [0, 0.1) is 11.7 Å². The number of nitrogens with one attached hydrogen (secondary N) is 1. The van der Waals surface area contributed by atoms with Gasteiger partial charge in [0.05, 0.1) is 24.4 Å². The molecule has 1 aliphatic heterocycles. The van der Waals surface area contributed by atoms with Crippen LogP contribution < -0.4 is 11.0 Å². The molecule has 0 saturated carbocycles. The Morgan fingerprint density at radius 2 is 2.14 bits per heavy atom. The van der Waals surface area contributed by atoms with E-state index in [0.29, 0.717) is 11.1 Å². The summed E-state index contributed by atoms with van der Waals surface area (Å²) in [4.78, 5) is 20.9. The summed E-state index contributed by atoms with van der Waals surface area (Å²) in [5.41, 5.74) is 6.83. The van der Waals surface area contributed by atoms with E-state index in [-0.39, 0.29) is 35.4 Å². The lowest BCUT2D eigenvalue weighted by Gasteiger charge is -2.19. The summed E-state index contributed by atoms with van der Waals surface area (Å²) in [5, 5.41) is 4.27. The van der Waals surface area contributed by atoms with Crippen molar-refractivity contribution in [1.29, 1.82) is 0 Å². The number of fused-ring (bicyclic) bond motifs is 2. The number of hydrogen-bond acceptors (Lipinski definition) is 5. The average molecular weight is 387 g/mol. The van der Waals surface area contributed by atoms with E-state index in [1.165, 1.54) is 17.0 Å². The number of pyridine rings is 1. The van der Waals surface area contributed by atoms with Crippen LogP contribution in [-0.2, 0) is 6.54 Å². The Kier molecular flexibility index (Phi) is 4.08. The van der Waals surface area contributed by atoms with Crippen molar-refractivity contribution in [3.05, 3.63) is 88.4 Å². The van der Waals surface area contributed by atoms with Gasteiger partial charge in [-0.2, -0.15) is 5.10 Å². The fourth-order valence-corrected chi connectivity index (χ4v) is 3.78. The number of benzene rings is 1. The van der Waals surface area contributed by atoms with Crippen molar-refractivity contribution in [3.63, 3.8) is 0 Å². The summed E-state index contributed by atoms with van der Waals surface area (Å²) in [7, 11) is 0. The standard InChI is InChI=1S/C22H18FN5O/c1-13-17-7-6-15(10-20(17)27-26-13)14-4-5-16(18(23)9-14)11-28-12-25-19-3-2-8-24-21(19)22(28)29/h2-10,12,17,20,27H,11H2,1H3. The Bertz CT molecular complexity index is 1270. The van der Waals surface area contributed by atoms with Gasteiger partial charge in [0.1, 0.15) is 5.82 Å². The molecule has 2 aliphatic rings. The molecule has 0 saturated heterocycles. The predicted molar refractivity (Wildman–Crippen MR) is 110 cm³/mol. The van der Waals surface area contributed by atoms with Gasteiger partial charge in [0.25, 0.3) is 5.56 Å². The van der Waals surface area contributed by atoms with Gasteiger partial charge in [0, 0.05) is 23.4 Å². The summed E-state index contributed by atoms with van der Waals surface area (Å²) >= 11 is 0. The zero-order valence-electron chi connectivity index (χ0n) is 15.7. The number of halogens is 1. The van der Waals surface area contributed by atoms with Gasteiger partial charge in [-0.15, -0.1) is 0 Å². The minimum absolute atomic E-state index is 0.0959. The van der Waals surface area contributed by atoms with Crippen LogP contribution in [0.3, 0.4) is 0 Å². The highest BCUT2D eigenvalue weighted by molar-refractivity contribution is 5.91. The van der Waals surface area contributed by atoms with E-state index >= 15 is 0 Å². The number of nitrogens with zero attached hydrogens (tertiary/aromatic N) is 4. The lowest BCUT2D eigenvalue weighted by atomic mass is 9.87. The van der Waals surface area contributed by atoms with E-state index in [1.54, 1.807) is 24.4 Å². The second-order valence-corrected chi connectivity index (χ2v) is 7.27. The number of hydrazone groups is 1. The van der Waals surface area contributed by atoms with Crippen LogP contribution in [0.25, 0.3) is 16.6 Å². The number of allylic oxidation sites excluding steroid dienone is 2. The minimum Gasteiger partial charge on any atom is -0.302 e. The largest absolute Gasteiger partial charge is 0.302 e. The molecule has 2 unspecified atom stereocenters. The average Bonchev–Trinajstić information content (AvgIpc) is 3.12. The minimum atomic E-state index is -0.362. The van der Waals surface area contributed by atoms with Gasteiger partial charge in [0.2, 0.25) is 0 Å². The third-order valence-corrected chi connectivity index (χ3v) is 5.41. The topological polar surface area (TPSA) is 72.2 Å². The van der Waals surface area contributed by atoms with Gasteiger partial charge in [-0.3, -0.25) is 9.36 Å². The van der Waals surface area contributed by atoms with E-state index in [9.17, 15) is 9.18 Å².